The number of rotatable bonds is 5. The molecule has 0 bridgehead atoms. The highest BCUT2D eigenvalue weighted by atomic mass is 16.6. The smallest absolute Gasteiger partial charge is 0.281 e. The van der Waals surface area contributed by atoms with E-state index in [9.17, 15) is 14.9 Å². The first kappa shape index (κ1) is 11.9. The van der Waals surface area contributed by atoms with Crippen molar-refractivity contribution in [2.24, 2.45) is 0 Å². The third-order valence-electron chi connectivity index (χ3n) is 1.63. The van der Waals surface area contributed by atoms with Gasteiger partial charge in [-0.3, -0.25) is 19.7 Å². The van der Waals surface area contributed by atoms with Crippen LogP contribution in [0.2, 0.25) is 0 Å². The maximum atomic E-state index is 10.9. The lowest BCUT2D eigenvalue weighted by molar-refractivity contribution is -0.384. The summed E-state index contributed by atoms with van der Waals surface area (Å²) in [5.41, 5.74) is 2.04. The quantitative estimate of drug-likeness (QED) is 0.588. The second-order valence-corrected chi connectivity index (χ2v) is 2.77. The summed E-state index contributed by atoms with van der Waals surface area (Å²) in [7, 11) is 1.31. The van der Waals surface area contributed by atoms with Gasteiger partial charge in [-0.2, -0.15) is 0 Å². The van der Waals surface area contributed by atoms with Gasteiger partial charge >= 0.3 is 0 Å². The Bertz CT molecular complexity index is 376. The standard InChI is InChI=1S/C9H10N2O5/c1-15-10-9(12)6-16-8-4-2-7(3-5-8)11(13)14/h2-5H,6H2,1H3,(H,10,12). The Morgan fingerprint density at radius 1 is 1.44 bits per heavy atom. The number of nitrogens with zero attached hydrogens (tertiary/aromatic N) is 1. The van der Waals surface area contributed by atoms with E-state index < -0.39 is 10.8 Å². The van der Waals surface area contributed by atoms with E-state index in [1.165, 1.54) is 31.4 Å². The van der Waals surface area contributed by atoms with E-state index in [1.54, 1.807) is 0 Å². The van der Waals surface area contributed by atoms with Gasteiger partial charge in [0.1, 0.15) is 5.75 Å². The van der Waals surface area contributed by atoms with Gasteiger partial charge in [-0.05, 0) is 12.1 Å². The van der Waals surface area contributed by atoms with E-state index >= 15 is 0 Å². The number of non-ortho nitro benzene ring substituents is 1. The van der Waals surface area contributed by atoms with Crippen LogP contribution in [0.15, 0.2) is 24.3 Å². The van der Waals surface area contributed by atoms with Crippen LogP contribution in [-0.4, -0.2) is 24.5 Å². The molecule has 7 nitrogen and oxygen atoms in total. The summed E-state index contributed by atoms with van der Waals surface area (Å²) in [6.45, 7) is -0.217. The zero-order valence-corrected chi connectivity index (χ0v) is 8.50. The molecule has 0 aliphatic carbocycles. The Labute approximate surface area is 91.1 Å². The van der Waals surface area contributed by atoms with E-state index in [1.807, 2.05) is 0 Å². The summed E-state index contributed by atoms with van der Waals surface area (Å²) in [6, 6.07) is 5.42. The topological polar surface area (TPSA) is 90.7 Å². The van der Waals surface area contributed by atoms with E-state index in [-0.39, 0.29) is 12.3 Å². The molecule has 0 unspecified atom stereocenters. The minimum atomic E-state index is -0.512. The molecule has 0 aliphatic rings. The molecule has 0 aliphatic heterocycles. The monoisotopic (exact) mass is 226 g/mol. The molecule has 0 heterocycles. The van der Waals surface area contributed by atoms with Crippen LogP contribution in [0.4, 0.5) is 5.69 Å². The Kier molecular flexibility index (Phi) is 4.22. The van der Waals surface area contributed by atoms with Crippen molar-refractivity contribution in [3.8, 4) is 5.75 Å². The summed E-state index contributed by atoms with van der Waals surface area (Å²) in [4.78, 5) is 25.1. The molecule has 0 atom stereocenters. The van der Waals surface area contributed by atoms with Crippen molar-refractivity contribution in [3.63, 3.8) is 0 Å². The number of hydroxylamine groups is 1. The van der Waals surface area contributed by atoms with Crippen LogP contribution in [0.5, 0.6) is 5.75 Å². The van der Waals surface area contributed by atoms with Crippen LogP contribution >= 0.6 is 0 Å². The molecule has 0 saturated carbocycles. The van der Waals surface area contributed by atoms with Gasteiger partial charge in [0.05, 0.1) is 12.0 Å². The number of ether oxygens (including phenoxy) is 1. The number of nitrogens with one attached hydrogen (secondary N) is 1. The fourth-order valence-electron chi connectivity index (χ4n) is 0.956. The fourth-order valence-corrected chi connectivity index (χ4v) is 0.956. The van der Waals surface area contributed by atoms with Crippen molar-refractivity contribution in [2.45, 2.75) is 0 Å². The molecule has 0 aromatic heterocycles. The molecule has 1 aromatic rings. The van der Waals surface area contributed by atoms with E-state index in [0.29, 0.717) is 5.75 Å². The number of nitro benzene ring substituents is 1. The molecule has 0 saturated heterocycles. The van der Waals surface area contributed by atoms with Gasteiger partial charge in [0.15, 0.2) is 6.61 Å². The minimum absolute atomic E-state index is 0.0336. The molecule has 0 radical (unpaired) electrons. The second-order valence-electron chi connectivity index (χ2n) is 2.77. The molecule has 7 heteroatoms. The molecule has 16 heavy (non-hydrogen) atoms. The van der Waals surface area contributed by atoms with Crippen molar-refractivity contribution < 1.29 is 19.3 Å². The molecule has 1 N–H and O–H groups in total. The molecule has 86 valence electrons. The lowest BCUT2D eigenvalue weighted by Gasteiger charge is -2.05. The lowest BCUT2D eigenvalue weighted by atomic mass is 10.3. The largest absolute Gasteiger partial charge is 0.484 e. The van der Waals surface area contributed by atoms with Crippen molar-refractivity contribution in [1.82, 2.24) is 5.48 Å². The van der Waals surface area contributed by atoms with Crippen LogP contribution in [0.25, 0.3) is 0 Å². The van der Waals surface area contributed by atoms with Gasteiger partial charge < -0.3 is 4.74 Å². The van der Waals surface area contributed by atoms with Crippen molar-refractivity contribution in [3.05, 3.63) is 34.4 Å². The number of nitro groups is 1. The van der Waals surface area contributed by atoms with Crippen molar-refractivity contribution in [1.29, 1.82) is 0 Å². The Balaban J connectivity index is 2.49. The number of carbonyl (C=O) groups excluding carboxylic acids is 1. The normalized spacial score (nSPS) is 9.56. The average molecular weight is 226 g/mol. The molecule has 1 rings (SSSR count). The van der Waals surface area contributed by atoms with Crippen LogP contribution < -0.4 is 10.2 Å². The third kappa shape index (κ3) is 3.54. The molecule has 1 aromatic carbocycles. The molecule has 1 amide bonds. The summed E-state index contributed by atoms with van der Waals surface area (Å²) in [5.74, 6) is -0.0716. The zero-order chi connectivity index (χ0) is 12.0. The van der Waals surface area contributed by atoms with Crippen molar-refractivity contribution >= 4 is 11.6 Å². The predicted molar refractivity (Wildman–Crippen MR) is 53.7 cm³/mol. The van der Waals surface area contributed by atoms with Crippen LogP contribution in [0.1, 0.15) is 0 Å². The van der Waals surface area contributed by atoms with Gasteiger partial charge in [-0.25, -0.2) is 5.48 Å². The molecular weight excluding hydrogens is 216 g/mol. The van der Waals surface area contributed by atoms with Gasteiger partial charge in [0.25, 0.3) is 11.6 Å². The number of amides is 1. The summed E-state index contributed by atoms with van der Waals surface area (Å²) in [5, 5.41) is 10.3. The maximum absolute atomic E-state index is 10.9. The van der Waals surface area contributed by atoms with E-state index in [0.717, 1.165) is 0 Å². The van der Waals surface area contributed by atoms with Gasteiger partial charge in [-0.1, -0.05) is 0 Å². The molecule has 0 fully saturated rings. The van der Waals surface area contributed by atoms with E-state index in [4.69, 9.17) is 4.74 Å². The van der Waals surface area contributed by atoms with Gasteiger partial charge in [0.2, 0.25) is 0 Å². The fraction of sp³-hybridized carbons (Fsp3) is 0.222. The SMILES string of the molecule is CONC(=O)COc1ccc([N+](=O)[O-])cc1. The van der Waals surface area contributed by atoms with Crippen molar-refractivity contribution in [2.75, 3.05) is 13.7 Å². The lowest BCUT2D eigenvalue weighted by Crippen LogP contribution is -2.27. The van der Waals surface area contributed by atoms with Crippen LogP contribution in [-0.2, 0) is 9.63 Å². The van der Waals surface area contributed by atoms with Gasteiger partial charge in [0, 0.05) is 12.1 Å². The highest BCUT2D eigenvalue weighted by Crippen LogP contribution is 2.16. The minimum Gasteiger partial charge on any atom is -0.484 e. The second kappa shape index (κ2) is 5.66. The first-order valence-corrected chi connectivity index (χ1v) is 4.32. The highest BCUT2D eigenvalue weighted by molar-refractivity contribution is 5.76. The first-order chi connectivity index (χ1) is 7.63. The average Bonchev–Trinajstić information content (AvgIpc) is 2.27. The summed E-state index contributed by atoms with van der Waals surface area (Å²) >= 11 is 0. The first-order valence-electron chi connectivity index (χ1n) is 4.32. The zero-order valence-electron chi connectivity index (χ0n) is 8.50. The summed E-state index contributed by atoms with van der Waals surface area (Å²) in [6.07, 6.45) is 0. The number of benzene rings is 1. The summed E-state index contributed by atoms with van der Waals surface area (Å²) < 4.78 is 5.04. The predicted octanol–water partition coefficient (Wildman–Crippen LogP) is 0.651. The van der Waals surface area contributed by atoms with Crippen LogP contribution in [0.3, 0.4) is 0 Å². The Morgan fingerprint density at radius 3 is 2.56 bits per heavy atom. The third-order valence-corrected chi connectivity index (χ3v) is 1.63. The molecule has 0 spiro atoms. The van der Waals surface area contributed by atoms with Gasteiger partial charge in [-0.15, -0.1) is 0 Å². The number of carbonyl (C=O) groups is 1. The Hall–Kier alpha value is -2.15. The van der Waals surface area contributed by atoms with E-state index in [2.05, 4.69) is 10.3 Å². The Morgan fingerprint density at radius 2 is 2.06 bits per heavy atom. The number of hydrogen-bond donors (Lipinski definition) is 1. The highest BCUT2D eigenvalue weighted by Gasteiger charge is 2.05. The van der Waals surface area contributed by atoms with Crippen LogP contribution in [0, 0.1) is 10.1 Å². The maximum Gasteiger partial charge on any atom is 0.281 e. The molecular formula is C9H10N2O5. The number of hydrogen-bond acceptors (Lipinski definition) is 5.